The molecule has 1 aromatic rings. The van der Waals surface area contributed by atoms with E-state index in [9.17, 15) is 4.39 Å². The lowest BCUT2D eigenvalue weighted by molar-refractivity contribution is 0.173. The summed E-state index contributed by atoms with van der Waals surface area (Å²) in [5.41, 5.74) is 4.40. The van der Waals surface area contributed by atoms with Crippen molar-refractivity contribution >= 4 is 5.57 Å². The molecule has 1 fully saturated rings. The Morgan fingerprint density at radius 3 is 2.73 bits per heavy atom. The predicted octanol–water partition coefficient (Wildman–Crippen LogP) is 4.61. The van der Waals surface area contributed by atoms with Gasteiger partial charge in [-0.25, -0.2) is 4.39 Å². The van der Waals surface area contributed by atoms with Crippen LogP contribution in [0.4, 0.5) is 4.39 Å². The van der Waals surface area contributed by atoms with E-state index in [4.69, 9.17) is 9.47 Å². The molecule has 3 rings (SSSR count). The monoisotopic (exact) mass is 302 g/mol. The molecule has 0 aromatic heterocycles. The molecule has 0 heterocycles. The van der Waals surface area contributed by atoms with Crippen molar-refractivity contribution in [3.63, 3.8) is 0 Å². The van der Waals surface area contributed by atoms with Gasteiger partial charge < -0.3 is 9.47 Å². The van der Waals surface area contributed by atoms with E-state index in [1.54, 1.807) is 13.2 Å². The van der Waals surface area contributed by atoms with Crippen LogP contribution in [-0.4, -0.2) is 20.3 Å². The highest BCUT2D eigenvalue weighted by Gasteiger charge is 2.45. The Labute approximate surface area is 131 Å². The van der Waals surface area contributed by atoms with E-state index < -0.39 is 0 Å². The second-order valence-electron chi connectivity index (χ2n) is 5.94. The Balaban J connectivity index is 2.08. The van der Waals surface area contributed by atoms with Crippen molar-refractivity contribution < 1.29 is 13.9 Å². The van der Waals surface area contributed by atoms with Crippen molar-refractivity contribution in [2.45, 2.75) is 26.7 Å². The number of methoxy groups -OCH3 is 1. The molecule has 2 nitrogen and oxygen atoms in total. The first-order chi connectivity index (χ1) is 10.7. The molecule has 2 unspecified atom stereocenters. The maximum Gasteiger partial charge on any atom is 0.130 e. The number of allylic oxidation sites excluding steroid dienone is 2. The van der Waals surface area contributed by atoms with Gasteiger partial charge in [-0.15, -0.1) is 0 Å². The van der Waals surface area contributed by atoms with E-state index in [2.05, 4.69) is 13.0 Å². The minimum absolute atomic E-state index is 0.177. The Morgan fingerprint density at radius 2 is 2.05 bits per heavy atom. The second-order valence-corrected chi connectivity index (χ2v) is 5.94. The van der Waals surface area contributed by atoms with E-state index in [0.717, 1.165) is 24.0 Å². The van der Waals surface area contributed by atoms with Gasteiger partial charge in [-0.2, -0.15) is 0 Å². The molecule has 118 valence electrons. The van der Waals surface area contributed by atoms with Crippen LogP contribution in [0.5, 0.6) is 5.75 Å². The van der Waals surface area contributed by atoms with Crippen LogP contribution in [-0.2, 0) is 4.74 Å². The fourth-order valence-electron chi connectivity index (χ4n) is 3.48. The molecule has 0 bridgehead atoms. The number of ether oxygens (including phenoxy) is 2. The van der Waals surface area contributed by atoms with Crippen molar-refractivity contribution in [3.05, 3.63) is 46.8 Å². The number of hydrogen-bond donors (Lipinski definition) is 0. The van der Waals surface area contributed by atoms with Gasteiger partial charge in [0.05, 0.1) is 13.7 Å². The van der Waals surface area contributed by atoms with E-state index in [0.29, 0.717) is 36.4 Å². The Bertz CT molecular complexity index is 630. The van der Waals surface area contributed by atoms with Gasteiger partial charge in [-0.3, -0.25) is 0 Å². The zero-order chi connectivity index (χ0) is 15.7. The molecular weight excluding hydrogens is 279 g/mol. The first-order valence-electron chi connectivity index (χ1n) is 8.04. The third-order valence-corrected chi connectivity index (χ3v) is 4.68. The van der Waals surface area contributed by atoms with Crippen molar-refractivity contribution in [2.24, 2.45) is 11.8 Å². The highest BCUT2D eigenvalue weighted by molar-refractivity contribution is 5.78. The van der Waals surface area contributed by atoms with Crippen LogP contribution in [0.15, 0.2) is 35.4 Å². The van der Waals surface area contributed by atoms with Crippen LogP contribution >= 0.6 is 0 Å². The number of benzene rings is 1. The van der Waals surface area contributed by atoms with Gasteiger partial charge >= 0.3 is 0 Å². The van der Waals surface area contributed by atoms with E-state index in [1.807, 2.05) is 13.0 Å². The van der Waals surface area contributed by atoms with Gasteiger partial charge in [0.25, 0.3) is 0 Å². The van der Waals surface area contributed by atoms with E-state index in [1.165, 1.54) is 11.6 Å². The summed E-state index contributed by atoms with van der Waals surface area (Å²) in [6, 6.07) is 4.98. The Hall–Kier alpha value is -1.61. The number of halogens is 1. The van der Waals surface area contributed by atoms with Gasteiger partial charge in [0.2, 0.25) is 0 Å². The van der Waals surface area contributed by atoms with Gasteiger partial charge in [0, 0.05) is 12.2 Å². The van der Waals surface area contributed by atoms with Crippen LogP contribution in [0.1, 0.15) is 32.3 Å². The number of rotatable bonds is 6. The predicted molar refractivity (Wildman–Crippen MR) is 86.3 cm³/mol. The SMILES string of the molecule is CCOCC1=C(c2cc(OC)ccc2F)C2CC2C(CC)=C1. The largest absolute Gasteiger partial charge is 0.497 e. The molecule has 2 atom stereocenters. The molecule has 0 amide bonds. The van der Waals surface area contributed by atoms with E-state index >= 15 is 0 Å². The summed E-state index contributed by atoms with van der Waals surface area (Å²) in [6.07, 6.45) is 4.42. The molecule has 22 heavy (non-hydrogen) atoms. The molecule has 1 aromatic carbocycles. The molecule has 0 saturated heterocycles. The fraction of sp³-hybridized carbons (Fsp3) is 0.474. The Morgan fingerprint density at radius 1 is 1.23 bits per heavy atom. The van der Waals surface area contributed by atoms with Crippen LogP contribution in [0.25, 0.3) is 5.57 Å². The quantitative estimate of drug-likeness (QED) is 0.764. The molecule has 2 aliphatic rings. The summed E-state index contributed by atoms with van der Waals surface area (Å²) >= 11 is 0. The van der Waals surface area contributed by atoms with Gasteiger partial charge in [0.15, 0.2) is 0 Å². The molecule has 0 N–H and O–H groups in total. The molecule has 0 aliphatic heterocycles. The summed E-state index contributed by atoms with van der Waals surface area (Å²) in [6.45, 7) is 5.40. The first kappa shape index (κ1) is 15.3. The van der Waals surface area contributed by atoms with Crippen molar-refractivity contribution in [1.29, 1.82) is 0 Å². The molecule has 0 spiro atoms. The zero-order valence-electron chi connectivity index (χ0n) is 13.5. The Kier molecular flexibility index (Phi) is 4.34. The number of hydrogen-bond acceptors (Lipinski definition) is 2. The summed E-state index contributed by atoms with van der Waals surface area (Å²) < 4.78 is 25.3. The smallest absolute Gasteiger partial charge is 0.130 e. The van der Waals surface area contributed by atoms with Crippen LogP contribution in [0, 0.1) is 17.7 Å². The van der Waals surface area contributed by atoms with Gasteiger partial charge in [-0.05, 0) is 60.9 Å². The maximum atomic E-state index is 14.4. The molecule has 1 saturated carbocycles. The van der Waals surface area contributed by atoms with Gasteiger partial charge in [-0.1, -0.05) is 18.6 Å². The molecule has 3 heteroatoms. The average Bonchev–Trinajstić information content (AvgIpc) is 3.33. The lowest BCUT2D eigenvalue weighted by Crippen LogP contribution is -2.09. The third-order valence-electron chi connectivity index (χ3n) is 4.68. The molecular formula is C19H23FO2. The number of fused-ring (bicyclic) bond motifs is 1. The second kappa shape index (κ2) is 6.25. The van der Waals surface area contributed by atoms with Crippen molar-refractivity contribution in [1.82, 2.24) is 0 Å². The topological polar surface area (TPSA) is 18.5 Å². The van der Waals surface area contributed by atoms with Crippen molar-refractivity contribution in [3.8, 4) is 5.75 Å². The standard InChI is InChI=1S/C19H23FO2/c1-4-12-8-13(11-22-5-2)19(16-10-15(12)16)17-9-14(21-3)6-7-18(17)20/h6-9,15-16H,4-5,10-11H2,1-3H3. The molecule has 2 aliphatic carbocycles. The average molecular weight is 302 g/mol. The molecule has 0 radical (unpaired) electrons. The fourth-order valence-corrected chi connectivity index (χ4v) is 3.48. The van der Waals surface area contributed by atoms with Crippen LogP contribution in [0.2, 0.25) is 0 Å². The normalized spacial score (nSPS) is 23.2. The minimum atomic E-state index is -0.177. The summed E-state index contributed by atoms with van der Waals surface area (Å²) in [7, 11) is 1.61. The van der Waals surface area contributed by atoms with Gasteiger partial charge in [0.1, 0.15) is 11.6 Å². The third kappa shape index (κ3) is 2.70. The van der Waals surface area contributed by atoms with E-state index in [-0.39, 0.29) is 5.82 Å². The first-order valence-corrected chi connectivity index (χ1v) is 8.04. The zero-order valence-corrected chi connectivity index (χ0v) is 13.5. The maximum absolute atomic E-state index is 14.4. The lowest BCUT2D eigenvalue weighted by Gasteiger charge is -2.21. The highest BCUT2D eigenvalue weighted by atomic mass is 19.1. The van der Waals surface area contributed by atoms with Crippen molar-refractivity contribution in [2.75, 3.05) is 20.3 Å². The summed E-state index contributed by atoms with van der Waals surface area (Å²) in [5, 5.41) is 0. The van der Waals surface area contributed by atoms with Crippen LogP contribution < -0.4 is 4.74 Å². The summed E-state index contributed by atoms with van der Waals surface area (Å²) in [4.78, 5) is 0. The minimum Gasteiger partial charge on any atom is -0.497 e. The summed E-state index contributed by atoms with van der Waals surface area (Å²) in [5.74, 6) is 1.55. The lowest BCUT2D eigenvalue weighted by atomic mass is 9.87. The highest BCUT2D eigenvalue weighted by Crippen LogP contribution is 2.57. The van der Waals surface area contributed by atoms with Crippen LogP contribution in [0.3, 0.4) is 0 Å².